The first-order valence-corrected chi connectivity index (χ1v) is 8.49. The molecule has 2 nitrogen and oxygen atoms in total. The first kappa shape index (κ1) is 16.6. The predicted molar refractivity (Wildman–Crippen MR) is 90.5 cm³/mol. The number of methoxy groups -OCH3 is 1. The quantitative estimate of drug-likeness (QED) is 0.722. The molecule has 2 unspecified atom stereocenters. The molecule has 1 fully saturated rings. The number of hydrogen-bond donors (Lipinski definition) is 0. The molecule has 1 saturated heterocycles. The number of rotatable bonds is 5. The van der Waals surface area contributed by atoms with Gasteiger partial charge in [0.1, 0.15) is 5.75 Å². The molecule has 0 amide bonds. The highest BCUT2D eigenvalue weighted by molar-refractivity contribution is 6.21. The fraction of sp³-hybridized carbons (Fsp3) is 0.667. The Labute approximate surface area is 134 Å². The number of nitrogens with zero attached hydrogens (tertiary/aromatic N) is 1. The maximum atomic E-state index is 6.73. The molecule has 1 aliphatic heterocycles. The molecule has 0 radical (unpaired) electrons. The predicted octanol–water partition coefficient (Wildman–Crippen LogP) is 4.83. The van der Waals surface area contributed by atoms with E-state index >= 15 is 0 Å². The first-order chi connectivity index (χ1) is 10.0. The summed E-state index contributed by atoms with van der Waals surface area (Å²) in [6.07, 6.45) is 2.63. The average Bonchev–Trinajstić information content (AvgIpc) is 2.46. The van der Waals surface area contributed by atoms with Crippen molar-refractivity contribution in [2.24, 2.45) is 5.92 Å². The lowest BCUT2D eigenvalue weighted by Gasteiger charge is -2.32. The van der Waals surface area contributed by atoms with Crippen molar-refractivity contribution in [3.8, 4) is 5.75 Å². The first-order valence-electron chi connectivity index (χ1n) is 8.05. The van der Waals surface area contributed by atoms with E-state index < -0.39 is 0 Å². The van der Waals surface area contributed by atoms with Crippen LogP contribution in [-0.4, -0.2) is 31.6 Å². The Morgan fingerprint density at radius 1 is 1.38 bits per heavy atom. The number of halogens is 1. The summed E-state index contributed by atoms with van der Waals surface area (Å²) >= 11 is 6.73. The highest BCUT2D eigenvalue weighted by atomic mass is 35.5. The van der Waals surface area contributed by atoms with Crippen molar-refractivity contribution >= 4 is 11.6 Å². The Bertz CT molecular complexity index is 461. The van der Waals surface area contributed by atoms with Crippen LogP contribution < -0.4 is 4.74 Å². The molecular weight excluding hydrogens is 282 g/mol. The summed E-state index contributed by atoms with van der Waals surface area (Å²) in [6.45, 7) is 9.98. The van der Waals surface area contributed by atoms with E-state index in [0.717, 1.165) is 30.3 Å². The van der Waals surface area contributed by atoms with Crippen molar-refractivity contribution in [3.63, 3.8) is 0 Å². The van der Waals surface area contributed by atoms with Crippen molar-refractivity contribution < 1.29 is 4.74 Å². The number of alkyl halides is 1. The third kappa shape index (κ3) is 4.37. The van der Waals surface area contributed by atoms with Crippen LogP contribution in [0.5, 0.6) is 5.75 Å². The maximum Gasteiger partial charge on any atom is 0.123 e. The van der Waals surface area contributed by atoms with Crippen molar-refractivity contribution in [1.82, 2.24) is 4.90 Å². The van der Waals surface area contributed by atoms with Gasteiger partial charge in [-0.1, -0.05) is 32.9 Å². The minimum atomic E-state index is -0.0102. The van der Waals surface area contributed by atoms with Gasteiger partial charge in [-0.05, 0) is 42.9 Å². The third-order valence-electron chi connectivity index (χ3n) is 4.42. The van der Waals surface area contributed by atoms with Crippen LogP contribution in [-0.2, 0) is 0 Å². The summed E-state index contributed by atoms with van der Waals surface area (Å²) in [5.74, 6) is 2.20. The van der Waals surface area contributed by atoms with E-state index in [4.69, 9.17) is 16.3 Å². The molecule has 118 valence electrons. The van der Waals surface area contributed by atoms with Gasteiger partial charge >= 0.3 is 0 Å². The van der Waals surface area contributed by atoms with Gasteiger partial charge in [-0.25, -0.2) is 0 Å². The molecule has 3 heteroatoms. The molecule has 1 aliphatic rings. The molecule has 0 bridgehead atoms. The Hall–Kier alpha value is -0.730. The summed E-state index contributed by atoms with van der Waals surface area (Å²) in [6, 6.07) is 6.41. The zero-order valence-electron chi connectivity index (χ0n) is 13.7. The van der Waals surface area contributed by atoms with Crippen LogP contribution in [0.4, 0.5) is 0 Å². The topological polar surface area (TPSA) is 12.5 Å². The van der Waals surface area contributed by atoms with E-state index in [0.29, 0.717) is 5.92 Å². The van der Waals surface area contributed by atoms with Gasteiger partial charge in [0.15, 0.2) is 0 Å². The zero-order valence-corrected chi connectivity index (χ0v) is 14.5. The van der Waals surface area contributed by atoms with E-state index in [-0.39, 0.29) is 5.38 Å². The highest BCUT2D eigenvalue weighted by Crippen LogP contribution is 2.33. The van der Waals surface area contributed by atoms with Crippen LogP contribution in [0.3, 0.4) is 0 Å². The Kier molecular flexibility index (Phi) is 5.95. The Morgan fingerprint density at radius 2 is 2.14 bits per heavy atom. The van der Waals surface area contributed by atoms with Gasteiger partial charge in [0.2, 0.25) is 0 Å². The molecule has 21 heavy (non-hydrogen) atoms. The molecule has 1 aromatic carbocycles. The lowest BCUT2D eigenvalue weighted by atomic mass is 9.97. The molecule has 0 aromatic heterocycles. The largest absolute Gasteiger partial charge is 0.496 e. The van der Waals surface area contributed by atoms with Crippen molar-refractivity contribution in [1.29, 1.82) is 0 Å². The molecule has 0 spiro atoms. The highest BCUT2D eigenvalue weighted by Gasteiger charge is 2.22. The van der Waals surface area contributed by atoms with Gasteiger partial charge in [-0.2, -0.15) is 0 Å². The SMILES string of the molecule is COc1ccc(C(C)C)cc1C(Cl)CN1CCCC(C)C1. The van der Waals surface area contributed by atoms with Gasteiger partial charge in [0.05, 0.1) is 12.5 Å². The van der Waals surface area contributed by atoms with Crippen LogP contribution in [0.2, 0.25) is 0 Å². The fourth-order valence-electron chi connectivity index (χ4n) is 3.13. The molecule has 1 heterocycles. The van der Waals surface area contributed by atoms with Gasteiger partial charge in [-0.15, -0.1) is 11.6 Å². The number of hydrogen-bond acceptors (Lipinski definition) is 2. The normalized spacial score (nSPS) is 21.5. The van der Waals surface area contributed by atoms with E-state index in [1.54, 1.807) is 7.11 Å². The molecule has 0 saturated carbocycles. The monoisotopic (exact) mass is 309 g/mol. The zero-order chi connectivity index (χ0) is 15.4. The van der Waals surface area contributed by atoms with E-state index in [2.05, 4.69) is 43.9 Å². The molecule has 0 aliphatic carbocycles. The fourth-order valence-corrected chi connectivity index (χ4v) is 3.50. The number of benzene rings is 1. The molecular formula is C18H28ClNO. The summed E-state index contributed by atoms with van der Waals surface area (Å²) in [5, 5.41) is -0.0102. The van der Waals surface area contributed by atoms with Crippen LogP contribution >= 0.6 is 11.6 Å². The van der Waals surface area contributed by atoms with Crippen LogP contribution in [0, 0.1) is 5.92 Å². The minimum Gasteiger partial charge on any atom is -0.496 e. The van der Waals surface area contributed by atoms with Crippen molar-refractivity contribution in [2.45, 2.75) is 44.9 Å². The van der Waals surface area contributed by atoms with Gasteiger partial charge < -0.3 is 9.64 Å². The van der Waals surface area contributed by atoms with Gasteiger partial charge in [0, 0.05) is 18.7 Å². The second-order valence-corrected chi connectivity index (χ2v) is 7.16. The van der Waals surface area contributed by atoms with Gasteiger partial charge in [0.25, 0.3) is 0 Å². The maximum absolute atomic E-state index is 6.73. The van der Waals surface area contributed by atoms with Crippen LogP contribution in [0.15, 0.2) is 18.2 Å². The summed E-state index contributed by atoms with van der Waals surface area (Å²) in [7, 11) is 1.72. The number of piperidine rings is 1. The molecule has 1 aromatic rings. The summed E-state index contributed by atoms with van der Waals surface area (Å²) < 4.78 is 5.51. The van der Waals surface area contributed by atoms with Gasteiger partial charge in [-0.3, -0.25) is 0 Å². The summed E-state index contributed by atoms with van der Waals surface area (Å²) in [4.78, 5) is 2.49. The average molecular weight is 310 g/mol. The van der Waals surface area contributed by atoms with E-state index in [1.165, 1.54) is 24.9 Å². The number of ether oxygens (including phenoxy) is 1. The lowest BCUT2D eigenvalue weighted by Crippen LogP contribution is -2.36. The third-order valence-corrected chi connectivity index (χ3v) is 4.79. The lowest BCUT2D eigenvalue weighted by molar-refractivity contribution is 0.183. The Balaban J connectivity index is 2.13. The van der Waals surface area contributed by atoms with Crippen molar-refractivity contribution in [2.75, 3.05) is 26.7 Å². The summed E-state index contributed by atoms with van der Waals surface area (Å²) in [5.41, 5.74) is 2.45. The number of likely N-dealkylation sites (tertiary alicyclic amines) is 1. The Morgan fingerprint density at radius 3 is 2.76 bits per heavy atom. The molecule has 2 rings (SSSR count). The second-order valence-electron chi connectivity index (χ2n) is 6.63. The molecule has 0 N–H and O–H groups in total. The smallest absolute Gasteiger partial charge is 0.123 e. The second kappa shape index (κ2) is 7.51. The van der Waals surface area contributed by atoms with E-state index in [9.17, 15) is 0 Å². The van der Waals surface area contributed by atoms with Crippen LogP contribution in [0.25, 0.3) is 0 Å². The minimum absolute atomic E-state index is 0.0102. The van der Waals surface area contributed by atoms with Crippen LogP contribution in [0.1, 0.15) is 56.0 Å². The molecule has 2 atom stereocenters. The standard InChI is InChI=1S/C18H28ClNO/c1-13(2)15-7-8-18(21-4)16(10-15)17(19)12-20-9-5-6-14(3)11-20/h7-8,10,13-14,17H,5-6,9,11-12H2,1-4H3. The van der Waals surface area contributed by atoms with Crippen molar-refractivity contribution in [3.05, 3.63) is 29.3 Å². The van der Waals surface area contributed by atoms with E-state index in [1.807, 2.05) is 0 Å².